The number of hydrogen-bond acceptors (Lipinski definition) is 5. The lowest BCUT2D eigenvalue weighted by atomic mass is 10.1. The van der Waals surface area contributed by atoms with Crippen LogP contribution in [-0.4, -0.2) is 27.1 Å². The van der Waals surface area contributed by atoms with E-state index >= 15 is 0 Å². The number of nitrogens with zero attached hydrogens (tertiary/aromatic N) is 3. The van der Waals surface area contributed by atoms with E-state index in [-0.39, 0.29) is 11.4 Å². The second kappa shape index (κ2) is 8.32. The molecule has 0 aliphatic heterocycles. The number of aromatic nitrogens is 2. The zero-order valence-electron chi connectivity index (χ0n) is 13.3. The minimum Gasteiger partial charge on any atom is -0.412 e. The quantitative estimate of drug-likeness (QED) is 0.425. The Labute approximate surface area is 144 Å². The van der Waals surface area contributed by atoms with Gasteiger partial charge in [-0.05, 0) is 48.5 Å². The highest BCUT2D eigenvalue weighted by molar-refractivity contribution is 6.11. The predicted octanol–water partition coefficient (Wildman–Crippen LogP) is 1.42. The lowest BCUT2D eigenvalue weighted by Gasteiger charge is -2.06. The number of benzene rings is 1. The van der Waals surface area contributed by atoms with Crippen molar-refractivity contribution in [1.82, 2.24) is 15.4 Å². The third kappa shape index (κ3) is 4.46. The van der Waals surface area contributed by atoms with Crippen LogP contribution in [0.2, 0.25) is 0 Å². The largest absolute Gasteiger partial charge is 0.412 e. The maximum Gasteiger partial charge on any atom is 0.271 e. The summed E-state index contributed by atoms with van der Waals surface area (Å²) in [6, 6.07) is 17.5. The molecular weight excluding hydrogens is 318 g/mol. The van der Waals surface area contributed by atoms with Crippen LogP contribution in [0, 0.1) is 0 Å². The van der Waals surface area contributed by atoms with Gasteiger partial charge in [0.2, 0.25) is 0 Å². The Bertz CT molecular complexity index is 808. The molecule has 1 aromatic carbocycles. The molecule has 0 fully saturated rings. The molecule has 0 atom stereocenters. The summed E-state index contributed by atoms with van der Waals surface area (Å²) in [5.74, 6) is -0.334. The fraction of sp³-hybridized carbons (Fsp3) is 0. The van der Waals surface area contributed by atoms with Gasteiger partial charge in [-0.15, -0.1) is 0 Å². The van der Waals surface area contributed by atoms with E-state index in [0.717, 1.165) is 0 Å². The summed E-state index contributed by atoms with van der Waals surface area (Å²) in [5, 5.41) is 4.22. The molecule has 0 bridgehead atoms. The molecule has 1 amide bonds. The maximum absolute atomic E-state index is 12.2. The average Bonchev–Trinajstić information content (AvgIpc) is 2.64. The van der Waals surface area contributed by atoms with Gasteiger partial charge in [-0.2, -0.15) is 5.10 Å². The number of amides is 1. The van der Waals surface area contributed by atoms with Crippen LogP contribution in [0.15, 0.2) is 78.2 Å². The van der Waals surface area contributed by atoms with Gasteiger partial charge in [-0.3, -0.25) is 14.8 Å². The smallest absolute Gasteiger partial charge is 0.271 e. The Morgan fingerprint density at radius 3 is 1.92 bits per heavy atom. The number of hydrogen-bond donors (Lipinski definition) is 2. The van der Waals surface area contributed by atoms with E-state index < -0.39 is 0 Å². The fourth-order valence-electron chi connectivity index (χ4n) is 2.06. The zero-order valence-corrected chi connectivity index (χ0v) is 13.3. The van der Waals surface area contributed by atoms with Gasteiger partial charge in [0.15, 0.2) is 0 Å². The van der Waals surface area contributed by atoms with Crippen molar-refractivity contribution in [1.29, 1.82) is 0 Å². The molecule has 0 saturated carbocycles. The van der Waals surface area contributed by atoms with Crippen LogP contribution in [-0.2, 0) is 0 Å². The van der Waals surface area contributed by atoms with Crippen molar-refractivity contribution in [3.05, 3.63) is 90.0 Å². The van der Waals surface area contributed by atoms with Crippen LogP contribution in [0.25, 0.3) is 0 Å². The molecule has 0 aliphatic rings. The summed E-state index contributed by atoms with van der Waals surface area (Å²) < 4.78 is 0. The van der Waals surface area contributed by atoms with E-state index in [9.17, 15) is 4.79 Å². The number of nitrogen functional groups attached to an aromatic ring is 1. The Kier molecular flexibility index (Phi) is 5.92. The maximum atomic E-state index is 12.2. The standard InChI is InChI=1S/C18H15N5O.H2O/c19-14-9-7-13(8-10-14)18(24)23-22-17(15-5-1-3-11-20-15)16-6-2-4-12-21-16;/h1-12H,19H2,(H,23,24);1H2. The summed E-state index contributed by atoms with van der Waals surface area (Å²) in [6.45, 7) is 0. The van der Waals surface area contributed by atoms with Gasteiger partial charge in [0.05, 0.1) is 11.4 Å². The first-order chi connectivity index (χ1) is 11.7. The molecule has 0 spiro atoms. The number of carbonyl (C=O) groups excluding carboxylic acids is 1. The third-order valence-electron chi connectivity index (χ3n) is 3.26. The van der Waals surface area contributed by atoms with Gasteiger partial charge in [-0.1, -0.05) is 12.1 Å². The number of nitrogens with one attached hydrogen (secondary N) is 1. The Balaban J connectivity index is 0.00000225. The van der Waals surface area contributed by atoms with Gasteiger partial charge < -0.3 is 11.2 Å². The number of nitrogens with two attached hydrogens (primary N) is 1. The molecule has 25 heavy (non-hydrogen) atoms. The minimum atomic E-state index is -0.334. The second-order valence-corrected chi connectivity index (χ2v) is 4.95. The molecule has 2 heterocycles. The van der Waals surface area contributed by atoms with Crippen molar-refractivity contribution < 1.29 is 10.3 Å². The summed E-state index contributed by atoms with van der Waals surface area (Å²) >= 11 is 0. The monoisotopic (exact) mass is 335 g/mol. The number of pyridine rings is 2. The van der Waals surface area contributed by atoms with Crippen molar-refractivity contribution in [3.63, 3.8) is 0 Å². The number of rotatable bonds is 4. The third-order valence-corrected chi connectivity index (χ3v) is 3.26. The van der Waals surface area contributed by atoms with Crippen LogP contribution < -0.4 is 11.2 Å². The van der Waals surface area contributed by atoms with Gasteiger partial charge in [0, 0.05) is 23.6 Å². The first-order valence-electron chi connectivity index (χ1n) is 7.30. The number of carbonyl (C=O) groups is 1. The summed E-state index contributed by atoms with van der Waals surface area (Å²) in [5.41, 5.74) is 11.0. The van der Waals surface area contributed by atoms with E-state index in [0.29, 0.717) is 28.4 Å². The van der Waals surface area contributed by atoms with E-state index in [1.54, 1.807) is 36.7 Å². The van der Waals surface area contributed by atoms with E-state index in [1.807, 2.05) is 36.4 Å². The highest BCUT2D eigenvalue weighted by atomic mass is 16.2. The predicted molar refractivity (Wildman–Crippen MR) is 96.0 cm³/mol. The van der Waals surface area contributed by atoms with Gasteiger partial charge in [0.25, 0.3) is 5.91 Å². The van der Waals surface area contributed by atoms with Gasteiger partial charge in [-0.25, -0.2) is 5.43 Å². The second-order valence-electron chi connectivity index (χ2n) is 4.95. The molecule has 0 unspecified atom stereocenters. The van der Waals surface area contributed by atoms with Crippen LogP contribution in [0.4, 0.5) is 5.69 Å². The van der Waals surface area contributed by atoms with E-state index in [1.165, 1.54) is 0 Å². The van der Waals surface area contributed by atoms with Crippen molar-refractivity contribution in [3.8, 4) is 0 Å². The van der Waals surface area contributed by atoms with E-state index in [2.05, 4.69) is 20.5 Å². The van der Waals surface area contributed by atoms with Crippen molar-refractivity contribution in [2.24, 2.45) is 5.10 Å². The summed E-state index contributed by atoms with van der Waals surface area (Å²) in [6.07, 6.45) is 3.32. The molecule has 2 aromatic heterocycles. The van der Waals surface area contributed by atoms with Gasteiger partial charge in [0.1, 0.15) is 5.71 Å². The molecule has 3 rings (SSSR count). The Morgan fingerprint density at radius 2 is 1.44 bits per heavy atom. The lowest BCUT2D eigenvalue weighted by molar-refractivity contribution is 0.0955. The summed E-state index contributed by atoms with van der Waals surface area (Å²) in [7, 11) is 0. The Morgan fingerprint density at radius 1 is 0.880 bits per heavy atom. The molecule has 126 valence electrons. The lowest BCUT2D eigenvalue weighted by Crippen LogP contribution is -2.21. The van der Waals surface area contributed by atoms with Crippen molar-refractivity contribution in [2.45, 2.75) is 0 Å². The first kappa shape index (κ1) is 17.8. The first-order valence-corrected chi connectivity index (χ1v) is 7.30. The number of anilines is 1. The van der Waals surface area contributed by atoms with Crippen molar-refractivity contribution in [2.75, 3.05) is 5.73 Å². The summed E-state index contributed by atoms with van der Waals surface area (Å²) in [4.78, 5) is 20.8. The molecule has 0 saturated heterocycles. The molecule has 3 aromatic rings. The molecule has 7 heteroatoms. The normalized spacial score (nSPS) is 9.60. The molecule has 0 aliphatic carbocycles. The van der Waals surface area contributed by atoms with Crippen molar-refractivity contribution >= 4 is 17.3 Å². The highest BCUT2D eigenvalue weighted by Gasteiger charge is 2.11. The fourth-order valence-corrected chi connectivity index (χ4v) is 2.06. The average molecular weight is 335 g/mol. The van der Waals surface area contributed by atoms with Crippen LogP contribution >= 0.6 is 0 Å². The molecule has 7 nitrogen and oxygen atoms in total. The number of hydrazone groups is 1. The SMILES string of the molecule is Nc1ccc(C(=O)NN=C(c2ccccn2)c2ccccn2)cc1.O. The van der Waals surface area contributed by atoms with E-state index in [4.69, 9.17) is 5.73 Å². The topological polar surface area (TPSA) is 125 Å². The van der Waals surface area contributed by atoms with Crippen LogP contribution in [0.3, 0.4) is 0 Å². The molecule has 0 radical (unpaired) electrons. The molecular formula is C18H17N5O2. The van der Waals surface area contributed by atoms with Crippen LogP contribution in [0.5, 0.6) is 0 Å². The molecule has 5 N–H and O–H groups in total. The van der Waals surface area contributed by atoms with Crippen LogP contribution in [0.1, 0.15) is 21.7 Å². The zero-order chi connectivity index (χ0) is 16.8. The highest BCUT2D eigenvalue weighted by Crippen LogP contribution is 2.07. The minimum absolute atomic E-state index is 0. The van der Waals surface area contributed by atoms with Gasteiger partial charge >= 0.3 is 0 Å². The Hall–Kier alpha value is -3.58.